The summed E-state index contributed by atoms with van der Waals surface area (Å²) in [5.41, 5.74) is 2.12. The lowest BCUT2D eigenvalue weighted by atomic mass is 10.1. The van der Waals surface area contributed by atoms with E-state index in [0.717, 1.165) is 12.1 Å². The maximum Gasteiger partial charge on any atom is 0.416 e. The Labute approximate surface area is 145 Å². The molecule has 3 rings (SSSR count). The molecule has 0 atom stereocenters. The third-order valence-electron chi connectivity index (χ3n) is 3.30. The topological polar surface area (TPSA) is 87.4 Å². The third kappa shape index (κ3) is 3.75. The van der Waals surface area contributed by atoms with Crippen LogP contribution in [0.4, 0.5) is 19.1 Å². The fourth-order valence-corrected chi connectivity index (χ4v) is 2.16. The van der Waals surface area contributed by atoms with E-state index in [9.17, 15) is 13.2 Å². The first-order chi connectivity index (χ1) is 12.4. The molecule has 9 heteroatoms. The van der Waals surface area contributed by atoms with Gasteiger partial charge in [-0.3, -0.25) is 0 Å². The maximum atomic E-state index is 12.8. The van der Waals surface area contributed by atoms with Crippen molar-refractivity contribution in [1.82, 2.24) is 4.98 Å². The number of nitrogens with zero attached hydrogens (tertiary/aromatic N) is 3. The molecule has 0 amide bonds. The summed E-state index contributed by atoms with van der Waals surface area (Å²) in [6, 6.07) is 9.77. The molecule has 0 unspecified atom stereocenters. The summed E-state index contributed by atoms with van der Waals surface area (Å²) in [6.07, 6.45) is -3.12. The van der Waals surface area contributed by atoms with Crippen LogP contribution in [0.2, 0.25) is 0 Å². The van der Waals surface area contributed by atoms with Crippen LogP contribution in [0.15, 0.2) is 50.3 Å². The summed E-state index contributed by atoms with van der Waals surface area (Å²) in [5, 5.41) is 12.8. The number of aryl methyl sites for hydroxylation is 1. The largest absolute Gasteiger partial charge is 0.455 e. The first-order valence-electron chi connectivity index (χ1n) is 7.31. The minimum Gasteiger partial charge on any atom is -0.455 e. The predicted octanol–water partition coefficient (Wildman–Crippen LogP) is 4.58. The molecule has 3 aromatic rings. The van der Waals surface area contributed by atoms with E-state index >= 15 is 0 Å². The number of alkyl halides is 3. The monoisotopic (exact) mass is 360 g/mol. The average molecular weight is 360 g/mol. The van der Waals surface area contributed by atoms with E-state index in [1.54, 1.807) is 13.0 Å². The fraction of sp³-hybridized carbons (Fsp3) is 0.118. The van der Waals surface area contributed by atoms with Gasteiger partial charge in [0, 0.05) is 12.5 Å². The molecule has 0 bridgehead atoms. The number of hydrazone groups is 1. The quantitative estimate of drug-likeness (QED) is 0.543. The molecule has 0 radical (unpaired) electrons. The number of furan rings is 1. The van der Waals surface area contributed by atoms with Gasteiger partial charge >= 0.3 is 6.18 Å². The van der Waals surface area contributed by atoms with Gasteiger partial charge in [-0.05, 0) is 24.3 Å². The molecule has 6 nitrogen and oxygen atoms in total. The number of hydrogen-bond donors (Lipinski definition) is 1. The van der Waals surface area contributed by atoms with Crippen LogP contribution in [-0.4, -0.2) is 11.2 Å². The Morgan fingerprint density at radius 3 is 2.77 bits per heavy atom. The van der Waals surface area contributed by atoms with Gasteiger partial charge in [-0.15, -0.1) is 0 Å². The number of aromatic nitrogens is 1. The van der Waals surface area contributed by atoms with E-state index in [-0.39, 0.29) is 17.3 Å². The molecule has 1 N–H and O–H groups in total. The highest BCUT2D eigenvalue weighted by Crippen LogP contribution is 2.32. The van der Waals surface area contributed by atoms with Gasteiger partial charge in [0.05, 0.1) is 11.8 Å². The second kappa shape index (κ2) is 6.76. The highest BCUT2D eigenvalue weighted by Gasteiger charge is 2.30. The minimum atomic E-state index is -4.43. The summed E-state index contributed by atoms with van der Waals surface area (Å²) < 4.78 is 49.0. The molecule has 0 saturated carbocycles. The van der Waals surface area contributed by atoms with Gasteiger partial charge in [-0.25, -0.2) is 10.4 Å². The molecule has 2 aromatic heterocycles. The lowest BCUT2D eigenvalue weighted by Crippen LogP contribution is -2.04. The zero-order chi connectivity index (χ0) is 18.7. The van der Waals surface area contributed by atoms with Crippen molar-refractivity contribution in [2.24, 2.45) is 5.10 Å². The second-order valence-electron chi connectivity index (χ2n) is 5.17. The summed E-state index contributed by atoms with van der Waals surface area (Å²) >= 11 is 0. The van der Waals surface area contributed by atoms with E-state index in [0.29, 0.717) is 17.2 Å². The van der Waals surface area contributed by atoms with Crippen LogP contribution in [0, 0.1) is 18.3 Å². The molecule has 26 heavy (non-hydrogen) atoms. The van der Waals surface area contributed by atoms with Crippen molar-refractivity contribution in [3.63, 3.8) is 0 Å². The van der Waals surface area contributed by atoms with Gasteiger partial charge in [0.1, 0.15) is 17.6 Å². The average Bonchev–Trinajstić information content (AvgIpc) is 3.21. The summed E-state index contributed by atoms with van der Waals surface area (Å²) in [5.74, 6) is 0.973. The lowest BCUT2D eigenvalue weighted by molar-refractivity contribution is -0.137. The first-order valence-corrected chi connectivity index (χ1v) is 7.31. The molecule has 0 aliphatic carbocycles. The number of benzene rings is 1. The van der Waals surface area contributed by atoms with E-state index in [1.165, 1.54) is 24.4 Å². The standard InChI is InChI=1S/C17H11F3N4O2/c1-10-23-14(8-21)16(25-10)24-22-9-13-5-6-15(26-13)11-3-2-4-12(7-11)17(18,19)20/h2-7,9,24H,1H3. The molecular formula is C17H11F3N4O2. The number of halogens is 3. The zero-order valence-corrected chi connectivity index (χ0v) is 13.3. The van der Waals surface area contributed by atoms with Crippen molar-refractivity contribution in [3.8, 4) is 17.4 Å². The zero-order valence-electron chi connectivity index (χ0n) is 13.3. The van der Waals surface area contributed by atoms with Gasteiger partial charge in [-0.1, -0.05) is 12.1 Å². The lowest BCUT2D eigenvalue weighted by Gasteiger charge is -2.07. The van der Waals surface area contributed by atoms with E-state index in [4.69, 9.17) is 14.1 Å². The Balaban J connectivity index is 1.75. The fourth-order valence-electron chi connectivity index (χ4n) is 2.16. The van der Waals surface area contributed by atoms with Crippen molar-refractivity contribution in [1.29, 1.82) is 5.26 Å². The molecule has 132 valence electrons. The smallest absolute Gasteiger partial charge is 0.416 e. The number of nitrogens with one attached hydrogen (secondary N) is 1. The van der Waals surface area contributed by atoms with Crippen LogP contribution >= 0.6 is 0 Å². The first kappa shape index (κ1) is 17.3. The van der Waals surface area contributed by atoms with Gasteiger partial charge in [0.2, 0.25) is 5.69 Å². The number of rotatable bonds is 4. The Hall–Kier alpha value is -3.54. The van der Waals surface area contributed by atoms with E-state index < -0.39 is 11.7 Å². The van der Waals surface area contributed by atoms with Crippen LogP contribution in [0.5, 0.6) is 0 Å². The molecule has 0 spiro atoms. The van der Waals surface area contributed by atoms with Crippen molar-refractivity contribution >= 4 is 12.1 Å². The maximum absolute atomic E-state index is 12.8. The van der Waals surface area contributed by atoms with Crippen LogP contribution < -0.4 is 5.43 Å². The number of nitriles is 1. The number of hydrogen-bond acceptors (Lipinski definition) is 6. The van der Waals surface area contributed by atoms with Crippen LogP contribution in [-0.2, 0) is 6.18 Å². The molecule has 1 aromatic carbocycles. The molecule has 0 fully saturated rings. The summed E-state index contributed by atoms with van der Waals surface area (Å²) in [7, 11) is 0. The Morgan fingerprint density at radius 1 is 1.23 bits per heavy atom. The van der Waals surface area contributed by atoms with Crippen LogP contribution in [0.25, 0.3) is 11.3 Å². The van der Waals surface area contributed by atoms with Crippen LogP contribution in [0.3, 0.4) is 0 Å². The van der Waals surface area contributed by atoms with Crippen molar-refractivity contribution in [2.75, 3.05) is 5.43 Å². The highest BCUT2D eigenvalue weighted by atomic mass is 19.4. The molecule has 0 saturated heterocycles. The SMILES string of the molecule is Cc1nc(C#N)c(NN=Cc2ccc(-c3cccc(C(F)(F)F)c3)o2)o1. The van der Waals surface area contributed by atoms with E-state index in [1.807, 2.05) is 6.07 Å². The van der Waals surface area contributed by atoms with Gasteiger partial charge in [-0.2, -0.15) is 23.5 Å². The molecule has 0 aliphatic heterocycles. The number of anilines is 1. The number of oxazole rings is 1. The second-order valence-corrected chi connectivity index (χ2v) is 5.17. The van der Waals surface area contributed by atoms with E-state index in [2.05, 4.69) is 15.5 Å². The third-order valence-corrected chi connectivity index (χ3v) is 3.30. The summed E-state index contributed by atoms with van der Waals surface area (Å²) in [4.78, 5) is 3.85. The molecule has 2 heterocycles. The molecular weight excluding hydrogens is 349 g/mol. The minimum absolute atomic E-state index is 0.0590. The van der Waals surface area contributed by atoms with Crippen LogP contribution in [0.1, 0.15) is 22.9 Å². The summed E-state index contributed by atoms with van der Waals surface area (Å²) in [6.45, 7) is 1.59. The molecule has 0 aliphatic rings. The highest BCUT2D eigenvalue weighted by molar-refractivity contribution is 5.78. The van der Waals surface area contributed by atoms with Crippen molar-refractivity contribution < 1.29 is 22.0 Å². The predicted molar refractivity (Wildman–Crippen MR) is 86.3 cm³/mol. The Kier molecular flexibility index (Phi) is 4.49. The Bertz CT molecular complexity index is 996. The van der Waals surface area contributed by atoms with Gasteiger partial charge in [0.15, 0.2) is 5.89 Å². The normalized spacial score (nSPS) is 11.7. The van der Waals surface area contributed by atoms with Crippen molar-refractivity contribution in [3.05, 3.63) is 59.3 Å². The van der Waals surface area contributed by atoms with Gasteiger partial charge in [0.25, 0.3) is 5.88 Å². The van der Waals surface area contributed by atoms with Gasteiger partial charge < -0.3 is 8.83 Å². The Morgan fingerprint density at radius 2 is 2.04 bits per heavy atom. The van der Waals surface area contributed by atoms with Crippen molar-refractivity contribution in [2.45, 2.75) is 13.1 Å².